The summed E-state index contributed by atoms with van der Waals surface area (Å²) in [5.74, 6) is 2.68. The highest BCUT2D eigenvalue weighted by Crippen LogP contribution is 2.35. The van der Waals surface area contributed by atoms with Crippen molar-refractivity contribution in [3.63, 3.8) is 0 Å². The van der Waals surface area contributed by atoms with Gasteiger partial charge in [-0.3, -0.25) is 0 Å². The topological polar surface area (TPSA) is 76.7 Å². The minimum absolute atomic E-state index is 0.379. The van der Waals surface area contributed by atoms with Crippen LogP contribution in [-0.2, 0) is 0 Å². The molecular formula is C25H25N5O2. The van der Waals surface area contributed by atoms with E-state index in [9.17, 15) is 0 Å². The summed E-state index contributed by atoms with van der Waals surface area (Å²) < 4.78 is 11.4. The Kier molecular flexibility index (Phi) is 5.37. The second-order valence-electron chi connectivity index (χ2n) is 7.67. The van der Waals surface area contributed by atoms with Crippen molar-refractivity contribution < 1.29 is 9.47 Å². The van der Waals surface area contributed by atoms with Crippen LogP contribution < -0.4 is 25.0 Å². The third-order valence-corrected chi connectivity index (χ3v) is 5.80. The van der Waals surface area contributed by atoms with E-state index in [0.29, 0.717) is 17.4 Å². The van der Waals surface area contributed by atoms with Crippen LogP contribution in [0.1, 0.15) is 0 Å². The Morgan fingerprint density at radius 3 is 2.31 bits per heavy atom. The number of hydrogen-bond donors (Lipinski definition) is 1. The van der Waals surface area contributed by atoms with Crippen molar-refractivity contribution in [3.8, 4) is 17.4 Å². The van der Waals surface area contributed by atoms with Gasteiger partial charge in [0.05, 0.1) is 7.11 Å². The number of anilines is 3. The number of methoxy groups -OCH3 is 1. The molecule has 0 spiro atoms. The maximum absolute atomic E-state index is 6.46. The van der Waals surface area contributed by atoms with Crippen molar-refractivity contribution in [1.29, 1.82) is 0 Å². The number of nitrogens with zero attached hydrogens (tertiary/aromatic N) is 4. The molecule has 4 aromatic rings. The van der Waals surface area contributed by atoms with E-state index in [2.05, 4.69) is 44.0 Å². The van der Waals surface area contributed by atoms with E-state index in [1.54, 1.807) is 7.11 Å². The molecular weight excluding hydrogens is 402 g/mol. The summed E-state index contributed by atoms with van der Waals surface area (Å²) in [6.07, 6.45) is 1.52. The fourth-order valence-corrected chi connectivity index (χ4v) is 4.06. The molecule has 5 rings (SSSR count). The molecule has 0 radical (unpaired) electrons. The van der Waals surface area contributed by atoms with Gasteiger partial charge in [-0.2, -0.15) is 4.98 Å². The first-order chi connectivity index (χ1) is 15.7. The van der Waals surface area contributed by atoms with Gasteiger partial charge in [0.25, 0.3) is 0 Å². The highest BCUT2D eigenvalue weighted by molar-refractivity contribution is 5.88. The fourth-order valence-electron chi connectivity index (χ4n) is 4.06. The summed E-state index contributed by atoms with van der Waals surface area (Å²) in [4.78, 5) is 13.3. The van der Waals surface area contributed by atoms with Crippen LogP contribution in [0.3, 0.4) is 0 Å². The van der Waals surface area contributed by atoms with Gasteiger partial charge in [-0.1, -0.05) is 36.4 Å². The lowest BCUT2D eigenvalue weighted by Gasteiger charge is -2.37. The molecule has 0 atom stereocenters. The average Bonchev–Trinajstić information content (AvgIpc) is 2.86. The standard InChI is InChI=1S/C25H25N5O2/c1-31-20-11-9-19(10-12-20)29-13-15-30(16-14-29)24-23(26)25(28-17-27-24)32-22-8-4-6-18-5-2-3-7-21(18)22/h2-12,17H,13-16,26H2,1H3. The number of rotatable bonds is 5. The summed E-state index contributed by atoms with van der Waals surface area (Å²) in [5, 5.41) is 2.12. The Balaban J connectivity index is 1.33. The van der Waals surface area contributed by atoms with Crippen molar-refractivity contribution in [2.75, 3.05) is 48.8 Å². The zero-order valence-electron chi connectivity index (χ0n) is 17.9. The van der Waals surface area contributed by atoms with Gasteiger partial charge in [-0.25, -0.2) is 4.98 Å². The molecule has 1 aliphatic heterocycles. The highest BCUT2D eigenvalue weighted by atomic mass is 16.5. The molecule has 1 saturated heterocycles. The smallest absolute Gasteiger partial charge is 0.248 e. The summed E-state index contributed by atoms with van der Waals surface area (Å²) in [6.45, 7) is 3.35. The Labute approximate surface area is 187 Å². The molecule has 0 amide bonds. The van der Waals surface area contributed by atoms with Crippen LogP contribution in [0.2, 0.25) is 0 Å². The van der Waals surface area contributed by atoms with E-state index in [1.165, 1.54) is 12.0 Å². The van der Waals surface area contributed by atoms with Crippen LogP contribution in [0.15, 0.2) is 73.1 Å². The second kappa shape index (κ2) is 8.63. The molecule has 0 bridgehead atoms. The lowest BCUT2D eigenvalue weighted by molar-refractivity contribution is 0.415. The molecule has 3 aromatic carbocycles. The predicted molar refractivity (Wildman–Crippen MR) is 128 cm³/mol. The number of hydrogen-bond acceptors (Lipinski definition) is 7. The Hall–Kier alpha value is -4.00. The molecule has 0 saturated carbocycles. The first-order valence-corrected chi connectivity index (χ1v) is 10.6. The maximum atomic E-state index is 6.46. The van der Waals surface area contributed by atoms with Crippen molar-refractivity contribution in [3.05, 3.63) is 73.1 Å². The van der Waals surface area contributed by atoms with Gasteiger partial charge in [-0.05, 0) is 35.7 Å². The van der Waals surface area contributed by atoms with Crippen LogP contribution in [0.25, 0.3) is 10.8 Å². The molecule has 162 valence electrons. The SMILES string of the molecule is COc1ccc(N2CCN(c3ncnc(Oc4cccc5ccccc45)c3N)CC2)cc1. The largest absolute Gasteiger partial charge is 0.497 e. The number of nitrogen functional groups attached to an aromatic ring is 1. The molecule has 1 aliphatic rings. The number of nitrogens with two attached hydrogens (primary N) is 1. The zero-order valence-corrected chi connectivity index (χ0v) is 17.9. The van der Waals surface area contributed by atoms with Crippen molar-refractivity contribution in [1.82, 2.24) is 9.97 Å². The van der Waals surface area contributed by atoms with Crippen LogP contribution >= 0.6 is 0 Å². The van der Waals surface area contributed by atoms with Gasteiger partial charge in [0, 0.05) is 37.3 Å². The van der Waals surface area contributed by atoms with Crippen LogP contribution in [-0.4, -0.2) is 43.3 Å². The Morgan fingerprint density at radius 1 is 0.812 bits per heavy atom. The monoisotopic (exact) mass is 427 g/mol. The van der Waals surface area contributed by atoms with Gasteiger partial charge in [-0.15, -0.1) is 0 Å². The number of piperazine rings is 1. The van der Waals surface area contributed by atoms with Crippen LogP contribution in [0.5, 0.6) is 17.4 Å². The van der Waals surface area contributed by atoms with E-state index >= 15 is 0 Å². The highest BCUT2D eigenvalue weighted by Gasteiger charge is 2.22. The minimum atomic E-state index is 0.379. The average molecular weight is 428 g/mol. The van der Waals surface area contributed by atoms with Crippen molar-refractivity contribution in [2.45, 2.75) is 0 Å². The summed E-state index contributed by atoms with van der Waals surface area (Å²) in [7, 11) is 1.68. The van der Waals surface area contributed by atoms with Gasteiger partial charge in [0.1, 0.15) is 23.5 Å². The van der Waals surface area contributed by atoms with Crippen LogP contribution in [0.4, 0.5) is 17.2 Å². The normalized spacial score (nSPS) is 13.9. The Morgan fingerprint density at radius 2 is 1.53 bits per heavy atom. The van der Waals surface area contributed by atoms with Gasteiger partial charge < -0.3 is 25.0 Å². The number of aromatic nitrogens is 2. The summed E-state index contributed by atoms with van der Waals surface area (Å²) >= 11 is 0. The predicted octanol–water partition coefficient (Wildman–Crippen LogP) is 4.34. The zero-order chi connectivity index (χ0) is 21.9. The molecule has 0 aliphatic carbocycles. The number of fused-ring (bicyclic) bond motifs is 1. The van der Waals surface area contributed by atoms with E-state index in [-0.39, 0.29) is 0 Å². The second-order valence-corrected chi connectivity index (χ2v) is 7.67. The van der Waals surface area contributed by atoms with Gasteiger partial charge in [0.2, 0.25) is 5.88 Å². The minimum Gasteiger partial charge on any atom is -0.497 e. The summed E-state index contributed by atoms with van der Waals surface area (Å²) in [5.41, 5.74) is 8.10. The molecule has 1 fully saturated rings. The quantitative estimate of drug-likeness (QED) is 0.508. The number of benzene rings is 3. The van der Waals surface area contributed by atoms with Crippen LogP contribution in [0, 0.1) is 0 Å². The van der Waals surface area contributed by atoms with Gasteiger partial charge in [0.15, 0.2) is 5.82 Å². The fraction of sp³-hybridized carbons (Fsp3) is 0.200. The molecule has 1 aromatic heterocycles. The van der Waals surface area contributed by atoms with Gasteiger partial charge >= 0.3 is 0 Å². The van der Waals surface area contributed by atoms with E-state index in [0.717, 1.165) is 48.5 Å². The molecule has 32 heavy (non-hydrogen) atoms. The van der Waals surface area contributed by atoms with Crippen molar-refractivity contribution >= 4 is 28.0 Å². The first-order valence-electron chi connectivity index (χ1n) is 10.6. The molecule has 2 N–H and O–H groups in total. The lowest BCUT2D eigenvalue weighted by Crippen LogP contribution is -2.47. The summed E-state index contributed by atoms with van der Waals surface area (Å²) in [6, 6.07) is 22.2. The third-order valence-electron chi connectivity index (χ3n) is 5.80. The van der Waals surface area contributed by atoms with E-state index in [1.807, 2.05) is 42.5 Å². The molecule has 0 unspecified atom stereocenters. The lowest BCUT2D eigenvalue weighted by atomic mass is 10.1. The van der Waals surface area contributed by atoms with E-state index in [4.69, 9.17) is 15.2 Å². The van der Waals surface area contributed by atoms with E-state index < -0.39 is 0 Å². The third kappa shape index (κ3) is 3.85. The Bertz CT molecular complexity index is 1220. The molecule has 7 nitrogen and oxygen atoms in total. The first kappa shape index (κ1) is 19.9. The molecule has 7 heteroatoms. The molecule has 2 heterocycles. The number of ether oxygens (including phenoxy) is 2. The maximum Gasteiger partial charge on any atom is 0.248 e. The van der Waals surface area contributed by atoms with Crippen molar-refractivity contribution in [2.24, 2.45) is 0 Å².